The van der Waals surface area contributed by atoms with Gasteiger partial charge >= 0.3 is 5.97 Å². The lowest BCUT2D eigenvalue weighted by Gasteiger charge is -2.25. The van der Waals surface area contributed by atoms with E-state index in [4.69, 9.17) is 5.11 Å². The van der Waals surface area contributed by atoms with Gasteiger partial charge in [0.1, 0.15) is 0 Å². The van der Waals surface area contributed by atoms with Crippen molar-refractivity contribution in [2.75, 3.05) is 0 Å². The van der Waals surface area contributed by atoms with Crippen LogP contribution < -0.4 is 0 Å². The zero-order valence-corrected chi connectivity index (χ0v) is 15.2. The van der Waals surface area contributed by atoms with Crippen LogP contribution in [0.2, 0.25) is 0 Å². The van der Waals surface area contributed by atoms with Gasteiger partial charge < -0.3 is 15.3 Å². The van der Waals surface area contributed by atoms with E-state index in [-0.39, 0.29) is 24.5 Å². The molecular weight excluding hydrogens is 316 g/mol. The lowest BCUT2D eigenvalue weighted by molar-refractivity contribution is -0.136. The highest BCUT2D eigenvalue weighted by atomic mass is 16.4. The minimum absolute atomic E-state index is 0.174. The van der Waals surface area contributed by atoms with E-state index >= 15 is 0 Å². The molecule has 142 valence electrons. The number of carboxylic acids is 1. The Morgan fingerprint density at radius 1 is 1.04 bits per heavy atom. The highest BCUT2D eigenvalue weighted by Gasteiger charge is 2.32. The molecule has 0 radical (unpaired) electrons. The van der Waals surface area contributed by atoms with Crippen molar-refractivity contribution in [3.8, 4) is 0 Å². The topological polar surface area (TPSA) is 77.8 Å². The zero-order chi connectivity index (χ0) is 18.1. The molecule has 0 spiro atoms. The number of carboxylic acid groups (broad SMARTS) is 1. The lowest BCUT2D eigenvalue weighted by Crippen LogP contribution is -2.22. The molecule has 3 N–H and O–H groups in total. The molecule has 0 aromatic rings. The molecule has 0 amide bonds. The van der Waals surface area contributed by atoms with Crippen LogP contribution in [0.3, 0.4) is 0 Å². The summed E-state index contributed by atoms with van der Waals surface area (Å²) in [5.74, 6) is 0.240. The standard InChI is InChI=1S/C21H34O4/c22-19(17-8-4-3-5-9-17)14-12-16-13-15-20(23)18(16)10-6-1-2-7-11-21(24)25/h1-2,12,14,16-20,22-23H,3-11,13,15H2,(H,24,25)/b2-1-,14-12+. The molecule has 2 fully saturated rings. The fourth-order valence-corrected chi connectivity index (χ4v) is 4.34. The largest absolute Gasteiger partial charge is 0.481 e. The van der Waals surface area contributed by atoms with Gasteiger partial charge in [-0.1, -0.05) is 43.6 Å². The maximum absolute atomic E-state index is 10.5. The second-order valence-electron chi connectivity index (χ2n) is 7.73. The molecule has 2 rings (SSSR count). The van der Waals surface area contributed by atoms with E-state index in [1.165, 1.54) is 19.3 Å². The first-order valence-corrected chi connectivity index (χ1v) is 9.99. The number of carbonyl (C=O) groups is 1. The molecule has 4 nitrogen and oxygen atoms in total. The molecular formula is C21H34O4. The van der Waals surface area contributed by atoms with Crippen molar-refractivity contribution in [1.82, 2.24) is 0 Å². The quantitative estimate of drug-likeness (QED) is 0.548. The molecule has 0 saturated heterocycles. The second kappa shape index (κ2) is 10.8. The summed E-state index contributed by atoms with van der Waals surface area (Å²) in [6.07, 6.45) is 17.9. The van der Waals surface area contributed by atoms with Crippen LogP contribution in [0.5, 0.6) is 0 Å². The number of allylic oxidation sites excluding steroid dienone is 3. The summed E-state index contributed by atoms with van der Waals surface area (Å²) in [7, 11) is 0. The summed E-state index contributed by atoms with van der Waals surface area (Å²) >= 11 is 0. The Morgan fingerprint density at radius 3 is 2.48 bits per heavy atom. The molecule has 0 aromatic heterocycles. The number of aliphatic hydroxyl groups is 2. The van der Waals surface area contributed by atoms with E-state index in [9.17, 15) is 15.0 Å². The molecule has 4 heteroatoms. The van der Waals surface area contributed by atoms with Crippen molar-refractivity contribution in [2.24, 2.45) is 17.8 Å². The first-order chi connectivity index (χ1) is 12.1. The van der Waals surface area contributed by atoms with Crippen LogP contribution in [0.4, 0.5) is 0 Å². The molecule has 4 atom stereocenters. The maximum atomic E-state index is 10.5. The molecule has 2 saturated carbocycles. The third-order valence-corrected chi connectivity index (χ3v) is 5.89. The summed E-state index contributed by atoms with van der Waals surface area (Å²) in [6.45, 7) is 0. The SMILES string of the molecule is O=C(O)CC/C=C\CCC1C(O)CCC1/C=C/C(O)C1CCCCC1. The van der Waals surface area contributed by atoms with E-state index < -0.39 is 5.97 Å². The van der Waals surface area contributed by atoms with Gasteiger partial charge in [-0.15, -0.1) is 0 Å². The van der Waals surface area contributed by atoms with Crippen LogP contribution >= 0.6 is 0 Å². The molecule has 0 heterocycles. The number of rotatable bonds is 9. The predicted molar refractivity (Wildman–Crippen MR) is 99.2 cm³/mol. The lowest BCUT2D eigenvalue weighted by atomic mass is 9.84. The Labute approximate surface area is 151 Å². The Hall–Kier alpha value is -1.13. The van der Waals surface area contributed by atoms with E-state index in [0.717, 1.165) is 38.5 Å². The molecule has 4 unspecified atom stereocenters. The first-order valence-electron chi connectivity index (χ1n) is 9.99. The number of aliphatic hydroxyl groups excluding tert-OH is 2. The number of hydrogen-bond acceptors (Lipinski definition) is 3. The summed E-state index contributed by atoms with van der Waals surface area (Å²) in [5.41, 5.74) is 0. The Balaban J connectivity index is 1.76. The Kier molecular flexibility index (Phi) is 8.70. The van der Waals surface area contributed by atoms with Gasteiger partial charge in [0.15, 0.2) is 0 Å². The van der Waals surface area contributed by atoms with Gasteiger partial charge in [0.25, 0.3) is 0 Å². The van der Waals surface area contributed by atoms with Crippen LogP contribution in [0.15, 0.2) is 24.3 Å². The first kappa shape index (κ1) is 20.2. The van der Waals surface area contributed by atoms with Crippen molar-refractivity contribution < 1.29 is 20.1 Å². The van der Waals surface area contributed by atoms with E-state index in [2.05, 4.69) is 6.08 Å². The smallest absolute Gasteiger partial charge is 0.303 e. The minimum Gasteiger partial charge on any atom is -0.481 e. The van der Waals surface area contributed by atoms with Crippen LogP contribution in [0.1, 0.15) is 70.6 Å². The molecule has 0 aliphatic heterocycles. The Bertz CT molecular complexity index is 451. The van der Waals surface area contributed by atoms with Crippen molar-refractivity contribution in [2.45, 2.75) is 82.8 Å². The van der Waals surface area contributed by atoms with Gasteiger partial charge in [-0.05, 0) is 62.7 Å². The molecule has 2 aliphatic rings. The van der Waals surface area contributed by atoms with Crippen molar-refractivity contribution in [3.63, 3.8) is 0 Å². The van der Waals surface area contributed by atoms with Gasteiger partial charge in [0.05, 0.1) is 12.2 Å². The maximum Gasteiger partial charge on any atom is 0.303 e. The minimum atomic E-state index is -0.766. The van der Waals surface area contributed by atoms with E-state index in [0.29, 0.717) is 18.3 Å². The fraction of sp³-hybridized carbons (Fsp3) is 0.762. The summed E-state index contributed by atoms with van der Waals surface area (Å²) in [5, 5.41) is 29.3. The summed E-state index contributed by atoms with van der Waals surface area (Å²) < 4.78 is 0. The summed E-state index contributed by atoms with van der Waals surface area (Å²) in [4.78, 5) is 10.5. The van der Waals surface area contributed by atoms with E-state index in [1.807, 2.05) is 18.2 Å². The average molecular weight is 350 g/mol. The molecule has 0 bridgehead atoms. The molecule has 2 aliphatic carbocycles. The average Bonchev–Trinajstić information content (AvgIpc) is 2.96. The molecule has 25 heavy (non-hydrogen) atoms. The number of hydrogen-bond donors (Lipinski definition) is 3. The van der Waals surface area contributed by atoms with Crippen LogP contribution in [0, 0.1) is 17.8 Å². The van der Waals surface area contributed by atoms with E-state index in [1.54, 1.807) is 0 Å². The number of aliphatic carboxylic acids is 1. The zero-order valence-electron chi connectivity index (χ0n) is 15.2. The van der Waals surface area contributed by atoms with Crippen molar-refractivity contribution in [3.05, 3.63) is 24.3 Å². The van der Waals surface area contributed by atoms with Gasteiger partial charge in [0.2, 0.25) is 0 Å². The van der Waals surface area contributed by atoms with Crippen molar-refractivity contribution >= 4 is 5.97 Å². The normalized spacial score (nSPS) is 29.6. The highest BCUT2D eigenvalue weighted by molar-refractivity contribution is 5.66. The fourth-order valence-electron chi connectivity index (χ4n) is 4.34. The Morgan fingerprint density at radius 2 is 1.76 bits per heavy atom. The van der Waals surface area contributed by atoms with Crippen LogP contribution in [-0.2, 0) is 4.79 Å². The van der Waals surface area contributed by atoms with Crippen molar-refractivity contribution in [1.29, 1.82) is 0 Å². The third kappa shape index (κ3) is 6.95. The van der Waals surface area contributed by atoms with Gasteiger partial charge in [-0.2, -0.15) is 0 Å². The summed E-state index contributed by atoms with van der Waals surface area (Å²) in [6, 6.07) is 0. The van der Waals surface area contributed by atoms with Gasteiger partial charge in [-0.3, -0.25) is 4.79 Å². The predicted octanol–water partition coefficient (Wildman–Crippen LogP) is 4.07. The van der Waals surface area contributed by atoms with Crippen LogP contribution in [0.25, 0.3) is 0 Å². The van der Waals surface area contributed by atoms with Crippen LogP contribution in [-0.4, -0.2) is 33.5 Å². The van der Waals surface area contributed by atoms with Gasteiger partial charge in [0, 0.05) is 6.42 Å². The highest BCUT2D eigenvalue weighted by Crippen LogP contribution is 2.37. The second-order valence-corrected chi connectivity index (χ2v) is 7.73. The monoisotopic (exact) mass is 350 g/mol. The van der Waals surface area contributed by atoms with Gasteiger partial charge in [-0.25, -0.2) is 0 Å². The third-order valence-electron chi connectivity index (χ3n) is 5.89. The molecule has 0 aromatic carbocycles.